The summed E-state index contributed by atoms with van der Waals surface area (Å²) in [6.45, 7) is 2.49. The Labute approximate surface area is 86.6 Å². The van der Waals surface area contributed by atoms with E-state index in [1.54, 1.807) is 0 Å². The van der Waals surface area contributed by atoms with Crippen molar-refractivity contribution in [3.05, 3.63) is 0 Å². The molecule has 2 rings (SSSR count). The van der Waals surface area contributed by atoms with Crippen LogP contribution in [-0.4, -0.2) is 23.4 Å². The van der Waals surface area contributed by atoms with Gasteiger partial charge in [0.15, 0.2) is 0 Å². The standard InChI is InChI=1S/C12H22O2/c1-2-10-3-6-12(7-4-10)8-5-11(9-13)14-12/h10-11,13H,2-9H2,1H3. The zero-order valence-electron chi connectivity index (χ0n) is 9.17. The lowest BCUT2D eigenvalue weighted by molar-refractivity contribution is -0.0845. The van der Waals surface area contributed by atoms with Gasteiger partial charge in [-0.25, -0.2) is 0 Å². The molecule has 2 heteroatoms. The summed E-state index contributed by atoms with van der Waals surface area (Å²) in [4.78, 5) is 0. The summed E-state index contributed by atoms with van der Waals surface area (Å²) in [7, 11) is 0. The highest BCUT2D eigenvalue weighted by molar-refractivity contribution is 4.92. The first kappa shape index (κ1) is 10.4. The summed E-state index contributed by atoms with van der Waals surface area (Å²) in [6.07, 6.45) is 8.79. The summed E-state index contributed by atoms with van der Waals surface area (Å²) in [5, 5.41) is 9.05. The van der Waals surface area contributed by atoms with E-state index in [0.29, 0.717) is 0 Å². The monoisotopic (exact) mass is 198 g/mol. The third kappa shape index (κ3) is 1.96. The van der Waals surface area contributed by atoms with E-state index in [9.17, 15) is 0 Å². The fourth-order valence-electron chi connectivity index (χ4n) is 3.00. The average Bonchev–Trinajstić information content (AvgIpc) is 2.63. The van der Waals surface area contributed by atoms with Gasteiger partial charge >= 0.3 is 0 Å². The maximum absolute atomic E-state index is 9.05. The first-order valence-corrected chi connectivity index (χ1v) is 6.07. The van der Waals surface area contributed by atoms with Crippen molar-refractivity contribution in [2.75, 3.05) is 6.61 Å². The van der Waals surface area contributed by atoms with Crippen molar-refractivity contribution in [3.63, 3.8) is 0 Å². The first-order chi connectivity index (χ1) is 6.78. The molecule has 2 aliphatic rings. The highest BCUT2D eigenvalue weighted by Crippen LogP contribution is 2.44. The van der Waals surface area contributed by atoms with Crippen LogP contribution >= 0.6 is 0 Å². The van der Waals surface area contributed by atoms with E-state index in [1.807, 2.05) is 0 Å². The van der Waals surface area contributed by atoms with Crippen molar-refractivity contribution in [1.82, 2.24) is 0 Å². The number of rotatable bonds is 2. The van der Waals surface area contributed by atoms with Crippen molar-refractivity contribution >= 4 is 0 Å². The van der Waals surface area contributed by atoms with Crippen LogP contribution in [0.1, 0.15) is 51.9 Å². The van der Waals surface area contributed by atoms with Crippen molar-refractivity contribution in [3.8, 4) is 0 Å². The molecule has 1 aliphatic carbocycles. The van der Waals surface area contributed by atoms with Crippen molar-refractivity contribution < 1.29 is 9.84 Å². The molecule has 0 aromatic carbocycles. The summed E-state index contributed by atoms with van der Waals surface area (Å²) in [6, 6.07) is 0. The molecule has 1 saturated carbocycles. The minimum atomic E-state index is 0.133. The zero-order valence-corrected chi connectivity index (χ0v) is 9.17. The molecule has 1 saturated heterocycles. The number of ether oxygens (including phenoxy) is 1. The van der Waals surface area contributed by atoms with Crippen molar-refractivity contribution in [2.24, 2.45) is 5.92 Å². The topological polar surface area (TPSA) is 29.5 Å². The molecule has 1 heterocycles. The number of aliphatic hydroxyl groups is 1. The normalized spacial score (nSPS) is 43.3. The van der Waals surface area contributed by atoms with Gasteiger partial charge in [-0.3, -0.25) is 0 Å². The van der Waals surface area contributed by atoms with E-state index in [4.69, 9.17) is 9.84 Å². The summed E-state index contributed by atoms with van der Waals surface area (Å²) < 4.78 is 5.98. The van der Waals surface area contributed by atoms with Gasteiger partial charge in [0.1, 0.15) is 0 Å². The largest absolute Gasteiger partial charge is 0.394 e. The van der Waals surface area contributed by atoms with E-state index in [-0.39, 0.29) is 18.3 Å². The molecule has 82 valence electrons. The second kappa shape index (κ2) is 4.19. The van der Waals surface area contributed by atoms with E-state index in [0.717, 1.165) is 12.3 Å². The molecule has 0 bridgehead atoms. The number of hydrogen-bond acceptors (Lipinski definition) is 2. The van der Waals surface area contributed by atoms with Crippen LogP contribution in [0.5, 0.6) is 0 Å². The van der Waals surface area contributed by atoms with E-state index < -0.39 is 0 Å². The molecule has 1 atom stereocenters. The molecule has 1 aliphatic heterocycles. The van der Waals surface area contributed by atoms with Crippen LogP contribution < -0.4 is 0 Å². The number of hydrogen-bond donors (Lipinski definition) is 1. The van der Waals surface area contributed by atoms with Crippen molar-refractivity contribution in [2.45, 2.75) is 63.6 Å². The molecule has 0 aromatic rings. The van der Waals surface area contributed by atoms with Gasteiger partial charge in [-0.15, -0.1) is 0 Å². The van der Waals surface area contributed by atoms with Gasteiger partial charge in [-0.2, -0.15) is 0 Å². The van der Waals surface area contributed by atoms with Crippen LogP contribution in [-0.2, 0) is 4.74 Å². The van der Waals surface area contributed by atoms with Gasteiger partial charge in [0.2, 0.25) is 0 Å². The van der Waals surface area contributed by atoms with Crippen LogP contribution in [0.25, 0.3) is 0 Å². The van der Waals surface area contributed by atoms with Gasteiger partial charge in [0.05, 0.1) is 18.3 Å². The van der Waals surface area contributed by atoms with E-state index in [1.165, 1.54) is 38.5 Å². The van der Waals surface area contributed by atoms with Gasteiger partial charge < -0.3 is 9.84 Å². The van der Waals surface area contributed by atoms with Crippen LogP contribution in [0.2, 0.25) is 0 Å². The lowest BCUT2D eigenvalue weighted by Gasteiger charge is -2.36. The molecule has 0 aromatic heterocycles. The Kier molecular flexibility index (Phi) is 3.13. The maximum atomic E-state index is 9.05. The Morgan fingerprint density at radius 1 is 1.21 bits per heavy atom. The average molecular weight is 198 g/mol. The third-order valence-electron chi connectivity index (χ3n) is 4.14. The van der Waals surface area contributed by atoms with Gasteiger partial charge in [-0.1, -0.05) is 13.3 Å². The lowest BCUT2D eigenvalue weighted by Crippen LogP contribution is -2.34. The van der Waals surface area contributed by atoms with Crippen LogP contribution in [0.15, 0.2) is 0 Å². The molecular formula is C12H22O2. The number of aliphatic hydroxyl groups excluding tert-OH is 1. The van der Waals surface area contributed by atoms with Crippen LogP contribution in [0, 0.1) is 5.92 Å². The van der Waals surface area contributed by atoms with Gasteiger partial charge in [0, 0.05) is 0 Å². The molecule has 2 fully saturated rings. The van der Waals surface area contributed by atoms with Crippen LogP contribution in [0.4, 0.5) is 0 Å². The zero-order chi connectivity index (χ0) is 10.0. The van der Waals surface area contributed by atoms with E-state index >= 15 is 0 Å². The van der Waals surface area contributed by atoms with Gasteiger partial charge in [-0.05, 0) is 44.4 Å². The van der Waals surface area contributed by atoms with Crippen molar-refractivity contribution in [1.29, 1.82) is 0 Å². The molecule has 0 radical (unpaired) electrons. The second-order valence-corrected chi connectivity index (χ2v) is 5.00. The predicted molar refractivity (Wildman–Crippen MR) is 56.2 cm³/mol. The molecule has 2 nitrogen and oxygen atoms in total. The van der Waals surface area contributed by atoms with Gasteiger partial charge in [0.25, 0.3) is 0 Å². The predicted octanol–water partition coefficient (Wildman–Crippen LogP) is 2.50. The maximum Gasteiger partial charge on any atom is 0.0814 e. The lowest BCUT2D eigenvalue weighted by atomic mass is 9.76. The molecule has 1 unspecified atom stereocenters. The molecular weight excluding hydrogens is 176 g/mol. The Bertz CT molecular complexity index is 183. The van der Waals surface area contributed by atoms with E-state index in [2.05, 4.69) is 6.92 Å². The highest BCUT2D eigenvalue weighted by atomic mass is 16.5. The quantitative estimate of drug-likeness (QED) is 0.738. The minimum Gasteiger partial charge on any atom is -0.394 e. The Morgan fingerprint density at radius 3 is 2.36 bits per heavy atom. The second-order valence-electron chi connectivity index (χ2n) is 5.00. The molecule has 0 amide bonds. The molecule has 1 spiro atoms. The Hall–Kier alpha value is -0.0800. The SMILES string of the molecule is CCC1CCC2(CC1)CCC(CO)O2. The third-order valence-corrected chi connectivity index (χ3v) is 4.14. The smallest absolute Gasteiger partial charge is 0.0814 e. The fourth-order valence-corrected chi connectivity index (χ4v) is 3.00. The minimum absolute atomic E-state index is 0.133. The fraction of sp³-hybridized carbons (Fsp3) is 1.00. The summed E-state index contributed by atoms with van der Waals surface area (Å²) in [5.74, 6) is 0.928. The first-order valence-electron chi connectivity index (χ1n) is 6.07. The van der Waals surface area contributed by atoms with Crippen LogP contribution in [0.3, 0.4) is 0 Å². The molecule has 14 heavy (non-hydrogen) atoms. The summed E-state index contributed by atoms with van der Waals surface area (Å²) in [5.41, 5.74) is 0.166. The molecule has 1 N–H and O–H groups in total. The Balaban J connectivity index is 1.87. The highest BCUT2D eigenvalue weighted by Gasteiger charge is 2.42. The summed E-state index contributed by atoms with van der Waals surface area (Å²) >= 11 is 0. The Morgan fingerprint density at radius 2 is 1.86 bits per heavy atom.